The van der Waals surface area contributed by atoms with E-state index < -0.39 is 0 Å². The zero-order valence-electron chi connectivity index (χ0n) is 22.1. The van der Waals surface area contributed by atoms with Gasteiger partial charge >= 0.3 is 0 Å². The first-order valence-corrected chi connectivity index (χ1v) is 20.2. The molecule has 2 N–H and O–H groups in total. The maximum Gasteiger partial charge on any atom is 0.0764 e. The number of rotatable bonds is 18. The van der Waals surface area contributed by atoms with Crippen LogP contribution in [0.25, 0.3) is 0 Å². The van der Waals surface area contributed by atoms with Crippen LogP contribution in [0.3, 0.4) is 0 Å². The molecule has 4 aliphatic rings. The molecule has 0 atom stereocenters. The second-order valence-electron chi connectivity index (χ2n) is 8.26. The summed E-state index contributed by atoms with van der Waals surface area (Å²) in [4.78, 5) is 0. The third-order valence-corrected chi connectivity index (χ3v) is 17.3. The maximum atomic E-state index is 8.70. The fraction of sp³-hybridized carbons (Fsp3) is 0.750. The molecular weight excluding hydrogens is 673 g/mol. The van der Waals surface area contributed by atoms with Crippen LogP contribution in [0.4, 0.5) is 0 Å². The summed E-state index contributed by atoms with van der Waals surface area (Å²) < 4.78 is 42.1. The van der Waals surface area contributed by atoms with Crippen LogP contribution in [0.2, 0.25) is 0 Å². The van der Waals surface area contributed by atoms with E-state index in [1.807, 2.05) is 94.1 Å². The Morgan fingerprint density at radius 2 is 0.725 bits per heavy atom. The highest BCUT2D eigenvalue weighted by Crippen LogP contribution is 2.67. The summed E-state index contributed by atoms with van der Waals surface area (Å²) >= 11 is 15.4. The molecule has 40 heavy (non-hydrogen) atoms. The molecule has 16 heteroatoms. The van der Waals surface area contributed by atoms with Crippen LogP contribution >= 0.6 is 94.1 Å². The number of hydrogen-bond acceptors (Lipinski definition) is 16. The lowest BCUT2D eigenvalue weighted by molar-refractivity contribution is -0.00380. The zero-order valence-corrected chi connectivity index (χ0v) is 28.6. The SMILES string of the molecule is OCCOCCOCCOC1CSC2=C(SC1)SC(=C1SC3=C(SCC(OCCOCCOCCO)CS3)S1)S2. The van der Waals surface area contributed by atoms with Crippen molar-refractivity contribution in [2.75, 3.05) is 102 Å². The number of thioether (sulfide) groups is 8. The minimum absolute atomic E-state index is 0.0434. The van der Waals surface area contributed by atoms with E-state index in [1.165, 1.54) is 25.4 Å². The Hall–Kier alpha value is 1.70. The maximum absolute atomic E-state index is 8.70. The third kappa shape index (κ3) is 12.2. The molecule has 0 saturated heterocycles. The first-order chi connectivity index (χ1) is 19.8. The highest BCUT2D eigenvalue weighted by atomic mass is 32.3. The normalized spacial score (nSPS) is 20.9. The van der Waals surface area contributed by atoms with Crippen molar-refractivity contribution in [3.8, 4) is 0 Å². The molecular formula is C24H36O8S8. The Kier molecular flexibility index (Phi) is 17.9. The van der Waals surface area contributed by atoms with Crippen LogP contribution in [0.15, 0.2) is 25.4 Å². The van der Waals surface area contributed by atoms with E-state index in [9.17, 15) is 0 Å². The highest BCUT2D eigenvalue weighted by molar-refractivity contribution is 8.45. The molecule has 0 radical (unpaired) electrons. The average Bonchev–Trinajstić information content (AvgIpc) is 3.46. The first-order valence-electron chi connectivity index (χ1n) is 13.0. The number of ether oxygens (including phenoxy) is 6. The van der Waals surface area contributed by atoms with E-state index >= 15 is 0 Å². The highest BCUT2D eigenvalue weighted by Gasteiger charge is 2.34. The molecule has 0 aromatic carbocycles. The van der Waals surface area contributed by atoms with Crippen molar-refractivity contribution in [3.63, 3.8) is 0 Å². The van der Waals surface area contributed by atoms with Gasteiger partial charge in [0.05, 0.1) is 117 Å². The van der Waals surface area contributed by atoms with E-state index in [0.717, 1.165) is 23.0 Å². The van der Waals surface area contributed by atoms with Gasteiger partial charge in [-0.25, -0.2) is 0 Å². The van der Waals surface area contributed by atoms with Crippen molar-refractivity contribution in [1.82, 2.24) is 0 Å². The van der Waals surface area contributed by atoms with Gasteiger partial charge in [0.15, 0.2) is 0 Å². The monoisotopic (exact) mass is 708 g/mol. The van der Waals surface area contributed by atoms with Crippen molar-refractivity contribution < 1.29 is 38.6 Å². The van der Waals surface area contributed by atoms with Crippen LogP contribution < -0.4 is 0 Å². The Morgan fingerprint density at radius 1 is 0.425 bits per heavy atom. The van der Waals surface area contributed by atoms with Crippen LogP contribution in [0.1, 0.15) is 0 Å². The number of aliphatic hydroxyl groups excluding tert-OH is 2. The molecule has 0 aromatic heterocycles. The molecule has 228 valence electrons. The second kappa shape index (κ2) is 20.7. The summed E-state index contributed by atoms with van der Waals surface area (Å²) in [7, 11) is 0. The van der Waals surface area contributed by atoms with E-state index in [2.05, 4.69) is 0 Å². The predicted octanol–water partition coefficient (Wildman–Crippen LogP) is 5.11. The standard InChI is InChI=1S/C24H36O8S8/c25-1-3-27-5-7-29-9-11-31-17-13-33-19-20(34-14-17)38-23(37-19)24-39-21-22(40-24)36-16-18(15-35-21)32-12-10-30-8-6-28-4-2-26/h17-18,25-26H,1-16H2. The van der Waals surface area contributed by atoms with E-state index in [1.54, 1.807) is 0 Å². The molecule has 0 spiro atoms. The smallest absolute Gasteiger partial charge is 0.0764 e. The summed E-state index contributed by atoms with van der Waals surface area (Å²) in [5.74, 6) is 3.86. The van der Waals surface area contributed by atoms with E-state index in [0.29, 0.717) is 66.1 Å². The minimum Gasteiger partial charge on any atom is -0.394 e. The van der Waals surface area contributed by atoms with E-state index in [-0.39, 0.29) is 25.4 Å². The van der Waals surface area contributed by atoms with Crippen molar-refractivity contribution in [1.29, 1.82) is 0 Å². The molecule has 0 unspecified atom stereocenters. The van der Waals surface area contributed by atoms with Crippen molar-refractivity contribution >= 4 is 94.1 Å². The van der Waals surface area contributed by atoms with Gasteiger partial charge in [0.25, 0.3) is 0 Å². The molecule has 0 amide bonds. The Morgan fingerprint density at radius 3 is 1.05 bits per heavy atom. The minimum atomic E-state index is 0.0434. The average molecular weight is 709 g/mol. The molecule has 0 aromatic rings. The topological polar surface area (TPSA) is 95.8 Å². The lowest BCUT2D eigenvalue weighted by atomic mass is 10.5. The molecule has 0 fully saturated rings. The Labute approximate surface area is 270 Å². The lowest BCUT2D eigenvalue weighted by Crippen LogP contribution is -2.21. The predicted molar refractivity (Wildman–Crippen MR) is 178 cm³/mol. The molecule has 4 rings (SSSR count). The van der Waals surface area contributed by atoms with Crippen LogP contribution in [-0.2, 0) is 28.4 Å². The number of aliphatic hydroxyl groups is 2. The molecule has 0 saturated carbocycles. The molecule has 0 bridgehead atoms. The van der Waals surface area contributed by atoms with Crippen LogP contribution in [0, 0.1) is 0 Å². The fourth-order valence-corrected chi connectivity index (χ4v) is 15.8. The molecule has 0 aliphatic carbocycles. The van der Waals surface area contributed by atoms with Gasteiger partial charge in [-0.2, -0.15) is 0 Å². The summed E-state index contributed by atoms with van der Waals surface area (Å²) in [6, 6.07) is 0. The first kappa shape index (κ1) is 34.6. The second-order valence-corrected chi connectivity index (χ2v) is 18.0. The van der Waals surface area contributed by atoms with Gasteiger partial charge in [0, 0.05) is 23.0 Å². The third-order valence-electron chi connectivity index (χ3n) is 5.22. The van der Waals surface area contributed by atoms with Gasteiger partial charge in [0.2, 0.25) is 0 Å². The van der Waals surface area contributed by atoms with E-state index in [4.69, 9.17) is 38.6 Å². The van der Waals surface area contributed by atoms with Gasteiger partial charge in [-0.3, -0.25) is 0 Å². The van der Waals surface area contributed by atoms with Crippen LogP contribution in [0.5, 0.6) is 0 Å². The van der Waals surface area contributed by atoms with Crippen molar-refractivity contribution in [2.24, 2.45) is 0 Å². The quantitative estimate of drug-likeness (QED) is 0.185. The van der Waals surface area contributed by atoms with Gasteiger partial charge in [0.1, 0.15) is 0 Å². The summed E-state index contributed by atoms with van der Waals surface area (Å²) in [6.07, 6.45) is 0.445. The van der Waals surface area contributed by atoms with Crippen molar-refractivity contribution in [3.05, 3.63) is 25.4 Å². The van der Waals surface area contributed by atoms with Gasteiger partial charge in [-0.05, 0) is 0 Å². The Bertz CT molecular complexity index is 762. The molecule has 4 aliphatic heterocycles. The van der Waals surface area contributed by atoms with Gasteiger partial charge in [-0.1, -0.05) is 47.0 Å². The molecule has 4 heterocycles. The largest absolute Gasteiger partial charge is 0.394 e. The molecule has 8 nitrogen and oxygen atoms in total. The fourth-order valence-electron chi connectivity index (χ4n) is 3.35. The van der Waals surface area contributed by atoms with Gasteiger partial charge in [-0.15, -0.1) is 47.0 Å². The van der Waals surface area contributed by atoms with Crippen LogP contribution in [-0.4, -0.2) is 125 Å². The Balaban J connectivity index is 1.08. The summed E-state index contributed by atoms with van der Waals surface area (Å²) in [5.41, 5.74) is 0. The van der Waals surface area contributed by atoms with Gasteiger partial charge < -0.3 is 38.6 Å². The van der Waals surface area contributed by atoms with Crippen molar-refractivity contribution in [2.45, 2.75) is 12.2 Å². The summed E-state index contributed by atoms with van der Waals surface area (Å²) in [6.45, 7) is 5.16. The number of hydrogen-bond donors (Lipinski definition) is 2. The zero-order chi connectivity index (χ0) is 27.8. The summed E-state index contributed by atoms with van der Waals surface area (Å²) in [5, 5.41) is 17.4. The lowest BCUT2D eigenvalue weighted by Gasteiger charge is -2.16.